The minimum absolute atomic E-state index is 0.175. The number of ether oxygens (including phenoxy) is 2. The van der Waals surface area contributed by atoms with Crippen LogP contribution in [0.25, 0.3) is 0 Å². The van der Waals surface area contributed by atoms with Crippen LogP contribution in [0.3, 0.4) is 0 Å². The number of hydrogen-bond acceptors (Lipinski definition) is 6. The molecule has 0 saturated carbocycles. The number of benzene rings is 1. The van der Waals surface area contributed by atoms with Crippen molar-refractivity contribution in [3.63, 3.8) is 0 Å². The van der Waals surface area contributed by atoms with Gasteiger partial charge in [-0.05, 0) is 12.1 Å². The minimum atomic E-state index is -0.271. The molecule has 4 N–H and O–H groups in total. The molecule has 1 aromatic carbocycles. The van der Waals surface area contributed by atoms with Crippen molar-refractivity contribution < 1.29 is 13.9 Å². The molecule has 1 aliphatic rings. The molecule has 0 bridgehead atoms. The van der Waals surface area contributed by atoms with Crippen LogP contribution in [-0.2, 0) is 11.3 Å². The zero-order valence-electron chi connectivity index (χ0n) is 16.5. The maximum Gasteiger partial charge on any atom is 0.215 e. The molecular formula is C20H27FN6O2. The highest BCUT2D eigenvalue weighted by molar-refractivity contribution is 5.74. The van der Waals surface area contributed by atoms with Crippen molar-refractivity contribution in [2.45, 2.75) is 6.54 Å². The Labute approximate surface area is 169 Å². The molecule has 0 atom stereocenters. The number of nitrogens with zero attached hydrogens (tertiary/aromatic N) is 3. The molecule has 8 nitrogen and oxygen atoms in total. The van der Waals surface area contributed by atoms with Crippen molar-refractivity contribution >= 4 is 17.3 Å². The Hall–Kier alpha value is -3.07. The van der Waals surface area contributed by atoms with Crippen LogP contribution in [0.5, 0.6) is 5.88 Å². The molecule has 29 heavy (non-hydrogen) atoms. The lowest BCUT2D eigenvalue weighted by atomic mass is 10.1. The van der Waals surface area contributed by atoms with E-state index >= 15 is 0 Å². The maximum absolute atomic E-state index is 14.9. The fourth-order valence-electron chi connectivity index (χ4n) is 3.25. The molecule has 2 aromatic rings. The summed E-state index contributed by atoms with van der Waals surface area (Å²) >= 11 is 0. The lowest BCUT2D eigenvalue weighted by molar-refractivity contribution is 0.144. The Bertz CT molecular complexity index is 826. The van der Waals surface area contributed by atoms with Gasteiger partial charge in [0.15, 0.2) is 11.8 Å². The van der Waals surface area contributed by atoms with Crippen LogP contribution in [0, 0.1) is 11.2 Å². The first kappa shape index (κ1) is 20.7. The van der Waals surface area contributed by atoms with E-state index in [4.69, 9.17) is 20.6 Å². The van der Waals surface area contributed by atoms with Crippen LogP contribution < -0.4 is 25.6 Å². The van der Waals surface area contributed by atoms with Crippen molar-refractivity contribution in [3.05, 3.63) is 47.9 Å². The number of halogens is 1. The van der Waals surface area contributed by atoms with E-state index in [9.17, 15) is 4.39 Å². The summed E-state index contributed by atoms with van der Waals surface area (Å²) in [4.78, 5) is 8.50. The van der Waals surface area contributed by atoms with Crippen LogP contribution >= 0.6 is 0 Å². The predicted molar refractivity (Wildman–Crippen MR) is 111 cm³/mol. The first-order valence-corrected chi connectivity index (χ1v) is 9.51. The maximum atomic E-state index is 14.9. The number of nitrogens with two attached hydrogens (primary N) is 1. The zero-order valence-corrected chi connectivity index (χ0v) is 16.5. The van der Waals surface area contributed by atoms with Gasteiger partial charge in [-0.2, -0.15) is 0 Å². The summed E-state index contributed by atoms with van der Waals surface area (Å²) in [7, 11) is 1.63. The van der Waals surface area contributed by atoms with Gasteiger partial charge in [-0.1, -0.05) is 12.1 Å². The number of piperazine rings is 1. The third-order valence-electron chi connectivity index (χ3n) is 4.77. The smallest absolute Gasteiger partial charge is 0.215 e. The normalized spacial score (nSPS) is 14.0. The average molecular weight is 402 g/mol. The Morgan fingerprint density at radius 1 is 1.21 bits per heavy atom. The average Bonchev–Trinajstić information content (AvgIpc) is 2.73. The second kappa shape index (κ2) is 9.92. The molecule has 0 spiro atoms. The van der Waals surface area contributed by atoms with Gasteiger partial charge in [-0.15, -0.1) is 0 Å². The second-order valence-electron chi connectivity index (χ2n) is 6.69. The van der Waals surface area contributed by atoms with Gasteiger partial charge in [-0.3, -0.25) is 5.41 Å². The fourth-order valence-corrected chi connectivity index (χ4v) is 3.25. The SMILES string of the molecule is COCCOc1cc(N2CCN(c3cccc(CNC(=N)N)c3F)CC2)ccn1. The van der Waals surface area contributed by atoms with E-state index < -0.39 is 0 Å². The number of guanidine groups is 1. The van der Waals surface area contributed by atoms with Gasteiger partial charge in [0, 0.05) is 63.3 Å². The fraction of sp³-hybridized carbons (Fsp3) is 0.400. The van der Waals surface area contributed by atoms with Crippen molar-refractivity contribution in [2.24, 2.45) is 5.73 Å². The van der Waals surface area contributed by atoms with E-state index in [1.54, 1.807) is 25.4 Å². The summed E-state index contributed by atoms with van der Waals surface area (Å²) in [6.07, 6.45) is 1.73. The molecule has 9 heteroatoms. The van der Waals surface area contributed by atoms with Crippen LogP contribution in [0.4, 0.5) is 15.8 Å². The summed E-state index contributed by atoms with van der Waals surface area (Å²) in [5, 5.41) is 9.89. The third-order valence-corrected chi connectivity index (χ3v) is 4.77. The molecule has 0 amide bonds. The highest BCUT2D eigenvalue weighted by atomic mass is 19.1. The molecule has 0 aliphatic carbocycles. The van der Waals surface area contributed by atoms with Crippen molar-refractivity contribution in [1.29, 1.82) is 5.41 Å². The van der Waals surface area contributed by atoms with Crippen LogP contribution in [0.15, 0.2) is 36.5 Å². The molecule has 2 heterocycles. The molecule has 1 aromatic heterocycles. The van der Waals surface area contributed by atoms with Crippen LogP contribution in [0.2, 0.25) is 0 Å². The van der Waals surface area contributed by atoms with Gasteiger partial charge in [0.2, 0.25) is 5.88 Å². The molecule has 156 valence electrons. The molecular weight excluding hydrogens is 375 g/mol. The van der Waals surface area contributed by atoms with E-state index in [-0.39, 0.29) is 18.3 Å². The van der Waals surface area contributed by atoms with E-state index in [0.29, 0.717) is 43.4 Å². The first-order valence-electron chi connectivity index (χ1n) is 9.51. The highest BCUT2D eigenvalue weighted by Crippen LogP contribution is 2.26. The van der Waals surface area contributed by atoms with Crippen LogP contribution in [-0.4, -0.2) is 57.4 Å². The summed E-state index contributed by atoms with van der Waals surface area (Å²) in [6, 6.07) is 9.19. The standard InChI is InChI=1S/C20H27FN6O2/c1-28-11-12-29-18-13-16(5-6-24-18)26-7-9-27(10-8-26)17-4-2-3-15(19(17)21)14-25-20(22)23/h2-6,13H,7-12,14H2,1H3,(H4,22,23,25). The Balaban J connectivity index is 1.61. The van der Waals surface area contributed by atoms with E-state index in [1.807, 2.05) is 23.1 Å². The summed E-state index contributed by atoms with van der Waals surface area (Å²) in [5.41, 5.74) is 7.40. The molecule has 0 radical (unpaired) electrons. The zero-order chi connectivity index (χ0) is 20.6. The molecule has 1 aliphatic heterocycles. The Morgan fingerprint density at radius 2 is 1.97 bits per heavy atom. The number of rotatable bonds is 8. The molecule has 1 saturated heterocycles. The molecule has 0 unspecified atom stereocenters. The van der Waals surface area contributed by atoms with E-state index in [2.05, 4.69) is 15.2 Å². The van der Waals surface area contributed by atoms with E-state index in [0.717, 1.165) is 18.8 Å². The number of aromatic nitrogens is 1. The summed E-state index contributed by atoms with van der Waals surface area (Å²) in [5.74, 6) is 0.123. The van der Waals surface area contributed by atoms with Gasteiger partial charge in [0.1, 0.15) is 6.61 Å². The predicted octanol–water partition coefficient (Wildman–Crippen LogP) is 1.56. The Morgan fingerprint density at radius 3 is 2.69 bits per heavy atom. The molecule has 3 rings (SSSR count). The third kappa shape index (κ3) is 5.47. The minimum Gasteiger partial charge on any atom is -0.475 e. The quantitative estimate of drug-likeness (QED) is 0.350. The van der Waals surface area contributed by atoms with Crippen molar-refractivity contribution in [1.82, 2.24) is 10.3 Å². The summed E-state index contributed by atoms with van der Waals surface area (Å²) < 4.78 is 25.5. The number of pyridine rings is 1. The highest BCUT2D eigenvalue weighted by Gasteiger charge is 2.21. The van der Waals surface area contributed by atoms with Gasteiger partial charge in [0.25, 0.3) is 0 Å². The summed E-state index contributed by atoms with van der Waals surface area (Å²) in [6.45, 7) is 4.07. The number of anilines is 2. The number of nitrogens with one attached hydrogen (secondary N) is 2. The first-order chi connectivity index (χ1) is 14.1. The van der Waals surface area contributed by atoms with Crippen molar-refractivity contribution in [2.75, 3.05) is 56.3 Å². The number of methoxy groups -OCH3 is 1. The largest absolute Gasteiger partial charge is 0.475 e. The molecule has 1 fully saturated rings. The van der Waals surface area contributed by atoms with E-state index in [1.165, 1.54) is 0 Å². The topological polar surface area (TPSA) is 99.7 Å². The Kier molecular flexibility index (Phi) is 7.07. The number of hydrogen-bond donors (Lipinski definition) is 3. The van der Waals surface area contributed by atoms with Gasteiger partial charge >= 0.3 is 0 Å². The lowest BCUT2D eigenvalue weighted by Crippen LogP contribution is -2.47. The second-order valence-corrected chi connectivity index (χ2v) is 6.69. The van der Waals surface area contributed by atoms with Gasteiger partial charge in [0.05, 0.1) is 12.3 Å². The van der Waals surface area contributed by atoms with Crippen LogP contribution in [0.1, 0.15) is 5.56 Å². The lowest BCUT2D eigenvalue weighted by Gasteiger charge is -2.37. The monoisotopic (exact) mass is 402 g/mol. The van der Waals surface area contributed by atoms with Gasteiger partial charge < -0.3 is 30.3 Å². The van der Waals surface area contributed by atoms with Gasteiger partial charge in [-0.25, -0.2) is 9.37 Å². The van der Waals surface area contributed by atoms with Crippen molar-refractivity contribution in [3.8, 4) is 5.88 Å².